The number of rotatable bonds is 4. The second-order valence-corrected chi connectivity index (χ2v) is 5.71. The van der Waals surface area contributed by atoms with Crippen LogP contribution in [0.5, 0.6) is 5.75 Å². The molecule has 0 bridgehead atoms. The fourth-order valence-electron chi connectivity index (χ4n) is 3.46. The van der Waals surface area contributed by atoms with Crippen LogP contribution >= 0.6 is 0 Å². The van der Waals surface area contributed by atoms with E-state index in [2.05, 4.69) is 44.2 Å². The highest BCUT2D eigenvalue weighted by molar-refractivity contribution is 5.92. The Kier molecular flexibility index (Phi) is 4.15. The molecule has 1 heteroatoms. The Morgan fingerprint density at radius 1 is 0.727 bits per heavy atom. The summed E-state index contributed by atoms with van der Waals surface area (Å²) in [5.74, 6) is 0.326. The zero-order valence-electron chi connectivity index (χ0n) is 13.3. The van der Waals surface area contributed by atoms with Crippen molar-refractivity contribution in [3.05, 3.63) is 76.9 Å². The maximum atomic E-state index is 9.52. The van der Waals surface area contributed by atoms with Gasteiger partial charge in [-0.15, -0.1) is 0 Å². The Bertz CT molecular complexity index is 718. The molecule has 0 heterocycles. The number of phenols is 1. The lowest BCUT2D eigenvalue weighted by Gasteiger charge is -2.09. The Labute approximate surface area is 132 Å². The minimum atomic E-state index is 0.326. The van der Waals surface area contributed by atoms with Crippen molar-refractivity contribution in [1.82, 2.24) is 0 Å². The average Bonchev–Trinajstić information content (AvgIpc) is 2.95. The van der Waals surface area contributed by atoms with Gasteiger partial charge in [0.2, 0.25) is 0 Å². The molecule has 0 saturated heterocycles. The van der Waals surface area contributed by atoms with Gasteiger partial charge in [0.15, 0.2) is 0 Å². The molecule has 0 aliphatic heterocycles. The maximum Gasteiger partial charge on any atom is 0.115 e. The van der Waals surface area contributed by atoms with Gasteiger partial charge in [-0.2, -0.15) is 0 Å². The van der Waals surface area contributed by atoms with Gasteiger partial charge in [0.1, 0.15) is 5.75 Å². The molecule has 2 aromatic carbocycles. The molecule has 3 rings (SSSR count). The molecule has 0 fully saturated rings. The lowest BCUT2D eigenvalue weighted by molar-refractivity contribution is 0.475. The van der Waals surface area contributed by atoms with E-state index in [1.54, 1.807) is 12.1 Å². The molecule has 2 aromatic rings. The standard InChI is InChI=1S/C21H22O/c1-3-18-19(4-2)21(16-10-12-17(22)13-11-16)14-20(18)15-8-6-5-7-9-15/h5-13,22H,3-4,14H2,1-2H3. The lowest BCUT2D eigenvalue weighted by Crippen LogP contribution is -1.88. The summed E-state index contributed by atoms with van der Waals surface area (Å²) >= 11 is 0. The van der Waals surface area contributed by atoms with Crippen molar-refractivity contribution in [2.24, 2.45) is 0 Å². The smallest absolute Gasteiger partial charge is 0.115 e. The number of aromatic hydroxyl groups is 1. The largest absolute Gasteiger partial charge is 0.508 e. The average molecular weight is 290 g/mol. The molecule has 22 heavy (non-hydrogen) atoms. The third kappa shape index (κ3) is 2.59. The number of hydrogen-bond donors (Lipinski definition) is 1. The van der Waals surface area contributed by atoms with E-state index in [1.807, 2.05) is 12.1 Å². The van der Waals surface area contributed by atoms with Gasteiger partial charge in [0.25, 0.3) is 0 Å². The minimum absolute atomic E-state index is 0.326. The van der Waals surface area contributed by atoms with E-state index in [1.165, 1.54) is 33.4 Å². The number of benzene rings is 2. The SMILES string of the molecule is CCC1=C(c2ccccc2)CC(c2ccc(O)cc2)=C1CC. The van der Waals surface area contributed by atoms with Crippen LogP contribution in [0.4, 0.5) is 0 Å². The van der Waals surface area contributed by atoms with Crippen LogP contribution in [0.25, 0.3) is 11.1 Å². The first kappa shape index (κ1) is 14.6. The molecule has 1 nitrogen and oxygen atoms in total. The van der Waals surface area contributed by atoms with E-state index in [4.69, 9.17) is 0 Å². The molecule has 0 atom stereocenters. The summed E-state index contributed by atoms with van der Waals surface area (Å²) in [4.78, 5) is 0. The summed E-state index contributed by atoms with van der Waals surface area (Å²) in [7, 11) is 0. The molecule has 0 radical (unpaired) electrons. The number of phenolic OH excluding ortho intramolecular Hbond substituents is 1. The number of allylic oxidation sites excluding steroid dienone is 4. The van der Waals surface area contributed by atoms with E-state index in [-0.39, 0.29) is 0 Å². The van der Waals surface area contributed by atoms with Crippen LogP contribution in [0.3, 0.4) is 0 Å². The fourth-order valence-corrected chi connectivity index (χ4v) is 3.46. The van der Waals surface area contributed by atoms with E-state index in [9.17, 15) is 5.11 Å². The maximum absolute atomic E-state index is 9.52. The monoisotopic (exact) mass is 290 g/mol. The predicted octanol–water partition coefficient (Wildman–Crippen LogP) is 5.82. The fraction of sp³-hybridized carbons (Fsp3) is 0.238. The summed E-state index contributed by atoms with van der Waals surface area (Å²) in [5.41, 5.74) is 8.41. The minimum Gasteiger partial charge on any atom is -0.508 e. The Morgan fingerprint density at radius 3 is 1.73 bits per heavy atom. The van der Waals surface area contributed by atoms with Crippen LogP contribution in [-0.2, 0) is 0 Å². The molecule has 0 amide bonds. The second kappa shape index (κ2) is 6.23. The predicted molar refractivity (Wildman–Crippen MR) is 93.6 cm³/mol. The highest BCUT2D eigenvalue weighted by Crippen LogP contribution is 2.45. The van der Waals surface area contributed by atoms with Crippen LogP contribution in [0.1, 0.15) is 44.2 Å². The van der Waals surface area contributed by atoms with E-state index in [0.717, 1.165) is 19.3 Å². The van der Waals surface area contributed by atoms with Gasteiger partial charge in [-0.1, -0.05) is 56.3 Å². The molecule has 1 aliphatic carbocycles. The highest BCUT2D eigenvalue weighted by atomic mass is 16.3. The summed E-state index contributed by atoms with van der Waals surface area (Å²) in [6.07, 6.45) is 3.10. The lowest BCUT2D eigenvalue weighted by atomic mass is 9.96. The first-order valence-electron chi connectivity index (χ1n) is 8.03. The molecule has 0 spiro atoms. The molecule has 112 valence electrons. The normalized spacial score (nSPS) is 14.8. The Morgan fingerprint density at radius 2 is 1.23 bits per heavy atom. The summed E-state index contributed by atoms with van der Waals surface area (Å²) in [6.45, 7) is 4.48. The van der Waals surface area contributed by atoms with Gasteiger partial charge in [0, 0.05) is 0 Å². The van der Waals surface area contributed by atoms with E-state index in [0.29, 0.717) is 5.75 Å². The van der Waals surface area contributed by atoms with Crippen LogP contribution in [0.15, 0.2) is 65.7 Å². The van der Waals surface area contributed by atoms with Gasteiger partial charge in [-0.05, 0) is 64.8 Å². The first-order chi connectivity index (χ1) is 10.7. The summed E-state index contributed by atoms with van der Waals surface area (Å²) in [6, 6.07) is 18.3. The topological polar surface area (TPSA) is 20.2 Å². The second-order valence-electron chi connectivity index (χ2n) is 5.71. The van der Waals surface area contributed by atoms with Crippen molar-refractivity contribution in [2.75, 3.05) is 0 Å². The zero-order chi connectivity index (χ0) is 15.5. The first-order valence-corrected chi connectivity index (χ1v) is 8.03. The van der Waals surface area contributed by atoms with E-state index >= 15 is 0 Å². The zero-order valence-corrected chi connectivity index (χ0v) is 13.3. The third-order valence-electron chi connectivity index (χ3n) is 4.49. The highest BCUT2D eigenvalue weighted by Gasteiger charge is 2.23. The quantitative estimate of drug-likeness (QED) is 0.751. The van der Waals surface area contributed by atoms with Crippen molar-refractivity contribution >= 4 is 11.1 Å². The molecule has 1 N–H and O–H groups in total. The third-order valence-corrected chi connectivity index (χ3v) is 4.49. The van der Waals surface area contributed by atoms with Gasteiger partial charge in [-0.3, -0.25) is 0 Å². The van der Waals surface area contributed by atoms with Crippen molar-refractivity contribution in [3.8, 4) is 5.75 Å². The van der Waals surface area contributed by atoms with Crippen LogP contribution in [-0.4, -0.2) is 5.11 Å². The van der Waals surface area contributed by atoms with Gasteiger partial charge in [0.05, 0.1) is 0 Å². The molecule has 1 aliphatic rings. The number of hydrogen-bond acceptors (Lipinski definition) is 1. The van der Waals surface area contributed by atoms with Crippen LogP contribution < -0.4 is 0 Å². The van der Waals surface area contributed by atoms with E-state index < -0.39 is 0 Å². The van der Waals surface area contributed by atoms with Crippen molar-refractivity contribution < 1.29 is 5.11 Å². The van der Waals surface area contributed by atoms with Crippen molar-refractivity contribution in [2.45, 2.75) is 33.1 Å². The molecule has 0 aromatic heterocycles. The Balaban J connectivity index is 2.06. The Hall–Kier alpha value is -2.28. The molecular formula is C21H22O. The van der Waals surface area contributed by atoms with Crippen molar-refractivity contribution in [3.63, 3.8) is 0 Å². The van der Waals surface area contributed by atoms with Crippen LogP contribution in [0, 0.1) is 0 Å². The summed E-state index contributed by atoms with van der Waals surface area (Å²) in [5, 5.41) is 9.52. The van der Waals surface area contributed by atoms with Gasteiger partial charge >= 0.3 is 0 Å². The van der Waals surface area contributed by atoms with Crippen LogP contribution in [0.2, 0.25) is 0 Å². The van der Waals surface area contributed by atoms with Gasteiger partial charge < -0.3 is 5.11 Å². The molecular weight excluding hydrogens is 268 g/mol. The summed E-state index contributed by atoms with van der Waals surface area (Å²) < 4.78 is 0. The molecule has 0 saturated carbocycles. The van der Waals surface area contributed by atoms with Gasteiger partial charge in [-0.25, -0.2) is 0 Å². The van der Waals surface area contributed by atoms with Crippen molar-refractivity contribution in [1.29, 1.82) is 0 Å². The molecule has 0 unspecified atom stereocenters.